The van der Waals surface area contributed by atoms with Crippen molar-refractivity contribution in [3.05, 3.63) is 30.2 Å². The molecule has 84 valence electrons. The van der Waals surface area contributed by atoms with Crippen LogP contribution in [0.2, 0.25) is 0 Å². The second-order valence-electron chi connectivity index (χ2n) is 3.41. The summed E-state index contributed by atoms with van der Waals surface area (Å²) in [6, 6.07) is 5.83. The highest BCUT2D eigenvalue weighted by atomic mass is 32.1. The summed E-state index contributed by atoms with van der Waals surface area (Å²) in [5.41, 5.74) is 2.74. The van der Waals surface area contributed by atoms with Gasteiger partial charge in [-0.25, -0.2) is 4.98 Å². The quantitative estimate of drug-likeness (QED) is 0.789. The molecule has 4 nitrogen and oxygen atoms in total. The van der Waals surface area contributed by atoms with E-state index in [0.717, 1.165) is 23.1 Å². The third-order valence-electron chi connectivity index (χ3n) is 2.28. The van der Waals surface area contributed by atoms with Crippen LogP contribution in [-0.4, -0.2) is 23.2 Å². The maximum absolute atomic E-state index is 11.0. The number of rotatable bonds is 4. The van der Waals surface area contributed by atoms with E-state index in [0.29, 0.717) is 6.54 Å². The van der Waals surface area contributed by atoms with Crippen LogP contribution in [0.3, 0.4) is 0 Å². The van der Waals surface area contributed by atoms with Gasteiger partial charge in [-0.05, 0) is 24.1 Å². The van der Waals surface area contributed by atoms with E-state index >= 15 is 0 Å². The van der Waals surface area contributed by atoms with Crippen LogP contribution in [0.5, 0.6) is 0 Å². The molecule has 5 heteroatoms. The fourth-order valence-corrected chi connectivity index (χ4v) is 1.57. The highest BCUT2D eigenvalue weighted by Crippen LogP contribution is 2.14. The Balaban J connectivity index is 1.96. The molecule has 0 unspecified atom stereocenters. The molecule has 0 fully saturated rings. The average Bonchev–Trinajstić information content (AvgIpc) is 2.76. The zero-order chi connectivity index (χ0) is 11.4. The number of aromatic nitrogens is 1. The van der Waals surface area contributed by atoms with Gasteiger partial charge in [-0.2, -0.15) is 12.6 Å². The summed E-state index contributed by atoms with van der Waals surface area (Å²) in [7, 11) is 0. The summed E-state index contributed by atoms with van der Waals surface area (Å²) in [6.07, 6.45) is 2.20. The Morgan fingerprint density at radius 1 is 1.50 bits per heavy atom. The van der Waals surface area contributed by atoms with Gasteiger partial charge in [0.15, 0.2) is 12.0 Å². The van der Waals surface area contributed by atoms with Gasteiger partial charge in [0.1, 0.15) is 5.52 Å². The lowest BCUT2D eigenvalue weighted by Gasteiger charge is -2.03. The third kappa shape index (κ3) is 2.55. The third-order valence-corrected chi connectivity index (χ3v) is 2.56. The first-order valence-corrected chi connectivity index (χ1v) is 5.62. The Hall–Kier alpha value is -1.49. The predicted octanol–water partition coefficient (Wildman–Crippen LogP) is 1.42. The molecule has 16 heavy (non-hydrogen) atoms. The van der Waals surface area contributed by atoms with Crippen LogP contribution in [0.25, 0.3) is 11.1 Å². The molecule has 0 atom stereocenters. The molecule has 0 saturated carbocycles. The second kappa shape index (κ2) is 5.03. The summed E-state index contributed by atoms with van der Waals surface area (Å²) >= 11 is 3.88. The lowest BCUT2D eigenvalue weighted by Crippen LogP contribution is -2.26. The number of hydrogen-bond donors (Lipinski definition) is 2. The topological polar surface area (TPSA) is 55.1 Å². The van der Waals surface area contributed by atoms with Gasteiger partial charge >= 0.3 is 0 Å². The summed E-state index contributed by atoms with van der Waals surface area (Å²) in [6.45, 7) is 0.610. The van der Waals surface area contributed by atoms with Crippen molar-refractivity contribution < 1.29 is 9.21 Å². The van der Waals surface area contributed by atoms with Gasteiger partial charge in [0.25, 0.3) is 0 Å². The number of carbonyl (C=O) groups excluding carboxylic acids is 1. The molecular formula is C11H12N2O2S. The molecule has 0 aliphatic rings. The fourth-order valence-electron chi connectivity index (χ4n) is 1.46. The van der Waals surface area contributed by atoms with Gasteiger partial charge in [0.05, 0.1) is 5.75 Å². The van der Waals surface area contributed by atoms with E-state index in [-0.39, 0.29) is 11.7 Å². The van der Waals surface area contributed by atoms with E-state index in [1.807, 2.05) is 18.2 Å². The van der Waals surface area contributed by atoms with Crippen LogP contribution in [0.15, 0.2) is 29.0 Å². The van der Waals surface area contributed by atoms with E-state index in [9.17, 15) is 4.79 Å². The van der Waals surface area contributed by atoms with Crippen molar-refractivity contribution in [2.75, 3.05) is 12.3 Å². The smallest absolute Gasteiger partial charge is 0.229 e. The molecule has 0 bridgehead atoms. The largest absolute Gasteiger partial charge is 0.443 e. The Morgan fingerprint density at radius 2 is 2.38 bits per heavy atom. The number of oxazole rings is 1. The standard InChI is InChI=1S/C11H12N2O2S/c14-11(6-16)12-4-3-8-1-2-9-10(5-8)15-7-13-9/h1-2,5,7,16H,3-4,6H2,(H,12,14). The molecule has 2 aromatic rings. The Labute approximate surface area is 98.5 Å². The monoisotopic (exact) mass is 236 g/mol. The lowest BCUT2D eigenvalue weighted by atomic mass is 10.1. The van der Waals surface area contributed by atoms with E-state index < -0.39 is 0 Å². The van der Waals surface area contributed by atoms with Gasteiger partial charge in [-0.1, -0.05) is 6.07 Å². The molecule has 0 radical (unpaired) electrons. The van der Waals surface area contributed by atoms with E-state index in [2.05, 4.69) is 22.9 Å². The number of hydrogen-bond acceptors (Lipinski definition) is 4. The molecule has 2 rings (SSSR count). The maximum atomic E-state index is 11.0. The minimum atomic E-state index is -0.0518. The van der Waals surface area contributed by atoms with E-state index in [1.54, 1.807) is 0 Å². The van der Waals surface area contributed by atoms with Crippen LogP contribution in [0.4, 0.5) is 0 Å². The number of carbonyl (C=O) groups is 1. The van der Waals surface area contributed by atoms with E-state index in [1.165, 1.54) is 6.39 Å². The zero-order valence-electron chi connectivity index (χ0n) is 8.64. The molecule has 0 saturated heterocycles. The fraction of sp³-hybridized carbons (Fsp3) is 0.273. The van der Waals surface area contributed by atoms with Crippen LogP contribution in [0, 0.1) is 0 Å². The lowest BCUT2D eigenvalue weighted by molar-refractivity contribution is -0.118. The Morgan fingerprint density at radius 3 is 3.19 bits per heavy atom. The zero-order valence-corrected chi connectivity index (χ0v) is 9.54. The summed E-state index contributed by atoms with van der Waals surface area (Å²) in [5.74, 6) is 0.172. The van der Waals surface area contributed by atoms with Crippen LogP contribution in [-0.2, 0) is 11.2 Å². The molecule has 0 spiro atoms. The molecule has 0 aliphatic heterocycles. The van der Waals surface area contributed by atoms with Gasteiger partial charge in [0, 0.05) is 6.54 Å². The summed E-state index contributed by atoms with van der Waals surface area (Å²) in [4.78, 5) is 15.0. The van der Waals surface area contributed by atoms with Crippen molar-refractivity contribution in [1.29, 1.82) is 0 Å². The highest BCUT2D eigenvalue weighted by molar-refractivity contribution is 7.81. The molecule has 1 amide bonds. The molecule has 1 N–H and O–H groups in total. The minimum absolute atomic E-state index is 0.0518. The van der Waals surface area contributed by atoms with E-state index in [4.69, 9.17) is 4.42 Å². The second-order valence-corrected chi connectivity index (χ2v) is 3.73. The SMILES string of the molecule is O=C(CS)NCCc1ccc2ncoc2c1. The van der Waals surface area contributed by atoms with Gasteiger partial charge < -0.3 is 9.73 Å². The number of nitrogens with zero attached hydrogens (tertiary/aromatic N) is 1. The predicted molar refractivity (Wildman–Crippen MR) is 64.6 cm³/mol. The Bertz CT molecular complexity index is 495. The highest BCUT2D eigenvalue weighted by Gasteiger charge is 2.01. The summed E-state index contributed by atoms with van der Waals surface area (Å²) < 4.78 is 5.20. The van der Waals surface area contributed by atoms with Crippen molar-refractivity contribution in [2.24, 2.45) is 0 Å². The number of amides is 1. The first-order valence-electron chi connectivity index (χ1n) is 4.99. The molecule has 1 heterocycles. The van der Waals surface area contributed by atoms with Crippen molar-refractivity contribution >= 4 is 29.6 Å². The van der Waals surface area contributed by atoms with Crippen molar-refractivity contribution in [2.45, 2.75) is 6.42 Å². The number of nitrogens with one attached hydrogen (secondary N) is 1. The first-order chi connectivity index (χ1) is 7.79. The van der Waals surface area contributed by atoms with Crippen molar-refractivity contribution in [3.8, 4) is 0 Å². The van der Waals surface area contributed by atoms with Gasteiger partial charge in [0.2, 0.25) is 5.91 Å². The van der Waals surface area contributed by atoms with Crippen LogP contribution >= 0.6 is 12.6 Å². The summed E-state index contributed by atoms with van der Waals surface area (Å²) in [5, 5.41) is 2.76. The number of fused-ring (bicyclic) bond motifs is 1. The van der Waals surface area contributed by atoms with Gasteiger partial charge in [-0.3, -0.25) is 4.79 Å². The van der Waals surface area contributed by atoms with Gasteiger partial charge in [-0.15, -0.1) is 0 Å². The minimum Gasteiger partial charge on any atom is -0.443 e. The molecule has 1 aromatic carbocycles. The molecule has 0 aliphatic carbocycles. The Kier molecular flexibility index (Phi) is 3.46. The number of benzene rings is 1. The van der Waals surface area contributed by atoms with Crippen molar-refractivity contribution in [1.82, 2.24) is 10.3 Å². The van der Waals surface area contributed by atoms with Crippen molar-refractivity contribution in [3.63, 3.8) is 0 Å². The maximum Gasteiger partial charge on any atom is 0.229 e. The van der Waals surface area contributed by atoms with Crippen LogP contribution in [0.1, 0.15) is 5.56 Å². The molecule has 1 aromatic heterocycles. The number of thiol groups is 1. The first kappa shape index (κ1) is 11.0. The van der Waals surface area contributed by atoms with Crippen LogP contribution < -0.4 is 5.32 Å². The normalized spacial score (nSPS) is 10.6. The average molecular weight is 236 g/mol. The molecular weight excluding hydrogens is 224 g/mol.